The molecule has 0 atom stereocenters. The monoisotopic (exact) mass is 337 g/mol. The number of methoxy groups -OCH3 is 1. The van der Waals surface area contributed by atoms with Crippen LogP contribution in [0, 0.1) is 6.92 Å². The SMILES string of the molecule is COc1cc(C)ccc1CNC(=O)Nc1ccc(-n2cncn2)cc1. The summed E-state index contributed by atoms with van der Waals surface area (Å²) in [6, 6.07) is 12.9. The third kappa shape index (κ3) is 4.14. The lowest BCUT2D eigenvalue weighted by atomic mass is 10.1. The van der Waals surface area contributed by atoms with E-state index < -0.39 is 0 Å². The molecule has 0 bridgehead atoms. The lowest BCUT2D eigenvalue weighted by Gasteiger charge is -2.11. The van der Waals surface area contributed by atoms with Gasteiger partial charge in [-0.25, -0.2) is 14.5 Å². The summed E-state index contributed by atoms with van der Waals surface area (Å²) < 4.78 is 6.99. The number of carbonyl (C=O) groups is 1. The van der Waals surface area contributed by atoms with Gasteiger partial charge in [0.2, 0.25) is 0 Å². The van der Waals surface area contributed by atoms with Crippen LogP contribution in [-0.2, 0) is 6.54 Å². The van der Waals surface area contributed by atoms with E-state index in [2.05, 4.69) is 20.7 Å². The number of amides is 2. The van der Waals surface area contributed by atoms with Crippen molar-refractivity contribution >= 4 is 11.7 Å². The van der Waals surface area contributed by atoms with Gasteiger partial charge < -0.3 is 15.4 Å². The van der Waals surface area contributed by atoms with E-state index >= 15 is 0 Å². The Kier molecular flexibility index (Phi) is 4.94. The van der Waals surface area contributed by atoms with Gasteiger partial charge in [0, 0.05) is 17.8 Å². The van der Waals surface area contributed by atoms with Crippen molar-refractivity contribution in [2.24, 2.45) is 0 Å². The summed E-state index contributed by atoms with van der Waals surface area (Å²) in [6.45, 7) is 2.38. The molecule has 3 aromatic rings. The summed E-state index contributed by atoms with van der Waals surface area (Å²) in [5, 5.41) is 9.68. The summed E-state index contributed by atoms with van der Waals surface area (Å²) in [7, 11) is 1.62. The number of anilines is 1. The second-order valence-electron chi connectivity index (χ2n) is 5.51. The zero-order valence-corrected chi connectivity index (χ0v) is 14.1. The number of rotatable bonds is 5. The van der Waals surface area contributed by atoms with E-state index in [1.54, 1.807) is 18.1 Å². The van der Waals surface area contributed by atoms with Gasteiger partial charge in [-0.1, -0.05) is 12.1 Å². The molecule has 7 nitrogen and oxygen atoms in total. The second kappa shape index (κ2) is 7.48. The molecule has 0 saturated carbocycles. The molecular weight excluding hydrogens is 318 g/mol. The van der Waals surface area contributed by atoms with Crippen LogP contribution in [0.5, 0.6) is 5.75 Å². The quantitative estimate of drug-likeness (QED) is 0.750. The highest BCUT2D eigenvalue weighted by atomic mass is 16.5. The van der Waals surface area contributed by atoms with Gasteiger partial charge in [-0.05, 0) is 42.8 Å². The van der Waals surface area contributed by atoms with Crippen LogP contribution in [0.15, 0.2) is 55.1 Å². The van der Waals surface area contributed by atoms with E-state index in [1.807, 2.05) is 49.4 Å². The Hall–Kier alpha value is -3.35. The van der Waals surface area contributed by atoms with Gasteiger partial charge in [0.15, 0.2) is 0 Å². The minimum absolute atomic E-state index is 0.281. The number of aromatic nitrogens is 3. The van der Waals surface area contributed by atoms with E-state index in [9.17, 15) is 4.79 Å². The number of ether oxygens (including phenoxy) is 1. The van der Waals surface area contributed by atoms with Gasteiger partial charge in [0.05, 0.1) is 12.8 Å². The normalized spacial score (nSPS) is 10.3. The van der Waals surface area contributed by atoms with E-state index in [0.717, 1.165) is 22.6 Å². The fraction of sp³-hybridized carbons (Fsp3) is 0.167. The highest BCUT2D eigenvalue weighted by Crippen LogP contribution is 2.19. The largest absolute Gasteiger partial charge is 0.496 e. The van der Waals surface area contributed by atoms with Gasteiger partial charge in [-0.2, -0.15) is 5.10 Å². The molecule has 2 N–H and O–H groups in total. The molecule has 1 aromatic heterocycles. The fourth-order valence-electron chi connectivity index (χ4n) is 2.39. The van der Waals surface area contributed by atoms with E-state index in [4.69, 9.17) is 4.74 Å². The van der Waals surface area contributed by atoms with Crippen LogP contribution in [-0.4, -0.2) is 27.9 Å². The molecule has 0 spiro atoms. The Balaban J connectivity index is 1.58. The average Bonchev–Trinajstić information content (AvgIpc) is 3.16. The van der Waals surface area contributed by atoms with Crippen LogP contribution < -0.4 is 15.4 Å². The number of urea groups is 1. The van der Waals surface area contributed by atoms with Crippen LogP contribution in [0.1, 0.15) is 11.1 Å². The van der Waals surface area contributed by atoms with Gasteiger partial charge in [0.25, 0.3) is 0 Å². The number of nitrogens with zero attached hydrogens (tertiary/aromatic N) is 3. The molecule has 0 aliphatic rings. The molecule has 2 amide bonds. The molecule has 2 aromatic carbocycles. The van der Waals surface area contributed by atoms with Crippen molar-refractivity contribution in [2.45, 2.75) is 13.5 Å². The Morgan fingerprint density at radius 3 is 2.68 bits per heavy atom. The predicted molar refractivity (Wildman–Crippen MR) is 94.9 cm³/mol. The maximum absolute atomic E-state index is 12.1. The number of hydrogen-bond acceptors (Lipinski definition) is 4. The van der Waals surface area contributed by atoms with Crippen molar-refractivity contribution in [2.75, 3.05) is 12.4 Å². The first-order valence-corrected chi connectivity index (χ1v) is 7.79. The molecule has 1 heterocycles. The molecule has 0 aliphatic heterocycles. The zero-order chi connectivity index (χ0) is 17.6. The Morgan fingerprint density at radius 2 is 2.00 bits per heavy atom. The molecule has 0 unspecified atom stereocenters. The van der Waals surface area contributed by atoms with Gasteiger partial charge in [0.1, 0.15) is 18.4 Å². The van der Waals surface area contributed by atoms with Gasteiger partial charge >= 0.3 is 6.03 Å². The molecule has 0 saturated heterocycles. The predicted octanol–water partition coefficient (Wildman–Crippen LogP) is 2.91. The summed E-state index contributed by atoms with van der Waals surface area (Å²) >= 11 is 0. The number of hydrogen-bond donors (Lipinski definition) is 2. The summed E-state index contributed by atoms with van der Waals surface area (Å²) in [5.74, 6) is 0.762. The molecule has 128 valence electrons. The number of benzene rings is 2. The lowest BCUT2D eigenvalue weighted by Crippen LogP contribution is -2.28. The van der Waals surface area contributed by atoms with E-state index in [1.165, 1.54) is 6.33 Å². The summed E-state index contributed by atoms with van der Waals surface area (Å²) in [5.41, 5.74) is 3.59. The van der Waals surface area contributed by atoms with Crippen LogP contribution in [0.4, 0.5) is 10.5 Å². The Labute approximate surface area is 145 Å². The maximum Gasteiger partial charge on any atom is 0.319 e. The molecule has 0 radical (unpaired) electrons. The van der Waals surface area contributed by atoms with Gasteiger partial charge in [-0.15, -0.1) is 0 Å². The average molecular weight is 337 g/mol. The lowest BCUT2D eigenvalue weighted by molar-refractivity contribution is 0.251. The summed E-state index contributed by atoms with van der Waals surface area (Å²) in [6.07, 6.45) is 3.09. The van der Waals surface area contributed by atoms with Crippen molar-refractivity contribution in [1.29, 1.82) is 0 Å². The summed E-state index contributed by atoms with van der Waals surface area (Å²) in [4.78, 5) is 16.0. The van der Waals surface area contributed by atoms with Crippen molar-refractivity contribution in [3.63, 3.8) is 0 Å². The first-order chi connectivity index (χ1) is 12.2. The molecule has 0 fully saturated rings. The third-order valence-electron chi connectivity index (χ3n) is 3.69. The first-order valence-electron chi connectivity index (χ1n) is 7.79. The zero-order valence-electron chi connectivity index (χ0n) is 14.1. The molecule has 3 rings (SSSR count). The number of nitrogens with one attached hydrogen (secondary N) is 2. The molecule has 7 heteroatoms. The van der Waals surface area contributed by atoms with E-state index in [0.29, 0.717) is 12.2 Å². The van der Waals surface area contributed by atoms with Crippen LogP contribution in [0.25, 0.3) is 5.69 Å². The van der Waals surface area contributed by atoms with Crippen LogP contribution in [0.3, 0.4) is 0 Å². The van der Waals surface area contributed by atoms with Crippen molar-refractivity contribution in [1.82, 2.24) is 20.1 Å². The van der Waals surface area contributed by atoms with Crippen molar-refractivity contribution in [3.8, 4) is 11.4 Å². The standard InChI is InChI=1S/C18H19N5O2/c1-13-3-4-14(17(9-13)25-2)10-20-18(24)22-15-5-7-16(8-6-15)23-12-19-11-21-23/h3-9,11-12H,10H2,1-2H3,(H2,20,22,24). The fourth-order valence-corrected chi connectivity index (χ4v) is 2.39. The van der Waals surface area contributed by atoms with Gasteiger partial charge in [-0.3, -0.25) is 0 Å². The van der Waals surface area contributed by atoms with Crippen molar-refractivity contribution in [3.05, 3.63) is 66.2 Å². The first kappa shape index (κ1) is 16.5. The molecule has 0 aliphatic carbocycles. The van der Waals surface area contributed by atoms with E-state index in [-0.39, 0.29) is 6.03 Å². The minimum Gasteiger partial charge on any atom is -0.496 e. The molecule has 25 heavy (non-hydrogen) atoms. The topological polar surface area (TPSA) is 81.1 Å². The highest BCUT2D eigenvalue weighted by Gasteiger charge is 2.06. The van der Waals surface area contributed by atoms with Crippen LogP contribution >= 0.6 is 0 Å². The smallest absolute Gasteiger partial charge is 0.319 e. The number of aryl methyl sites for hydroxylation is 1. The number of carbonyl (C=O) groups excluding carboxylic acids is 1. The second-order valence-corrected chi connectivity index (χ2v) is 5.51. The third-order valence-corrected chi connectivity index (χ3v) is 3.69. The Morgan fingerprint density at radius 1 is 1.20 bits per heavy atom. The van der Waals surface area contributed by atoms with Crippen LogP contribution in [0.2, 0.25) is 0 Å². The molecular formula is C18H19N5O2. The highest BCUT2D eigenvalue weighted by molar-refractivity contribution is 5.89. The minimum atomic E-state index is -0.281. The van der Waals surface area contributed by atoms with Crippen molar-refractivity contribution < 1.29 is 9.53 Å². The Bertz CT molecular complexity index is 844. The maximum atomic E-state index is 12.1.